The Morgan fingerprint density at radius 3 is 3.04 bits per heavy atom. The topological polar surface area (TPSA) is 85.3 Å². The molecule has 0 radical (unpaired) electrons. The minimum Gasteiger partial charge on any atom is -0.497 e. The van der Waals surface area contributed by atoms with Gasteiger partial charge >= 0.3 is 5.97 Å². The van der Waals surface area contributed by atoms with Gasteiger partial charge in [-0.1, -0.05) is 12.2 Å². The van der Waals surface area contributed by atoms with E-state index < -0.39 is 29.5 Å². The molecular formula is C20H19NO6. The molecule has 7 nitrogen and oxygen atoms in total. The predicted octanol–water partition coefficient (Wildman–Crippen LogP) is 1.53. The lowest BCUT2D eigenvalue weighted by atomic mass is 9.70. The fraction of sp³-hybridized carbons (Fsp3) is 0.500. The molecule has 27 heavy (non-hydrogen) atoms. The number of methoxy groups -OCH3 is 1. The molecule has 1 N–H and O–H groups in total. The first kappa shape index (κ1) is 15.7. The lowest BCUT2D eigenvalue weighted by Crippen LogP contribution is -2.53. The number of carboxylic acid groups (broad SMARTS) is 1. The smallest absolute Gasteiger partial charge is 0.310 e. The molecule has 0 unspecified atom stereocenters. The number of nitrogens with zero attached hydrogens (tertiary/aromatic N) is 1. The average molecular weight is 369 g/mol. The van der Waals surface area contributed by atoms with Gasteiger partial charge < -0.3 is 24.2 Å². The third kappa shape index (κ3) is 1.66. The number of aliphatic carboxylic acids is 1. The molecule has 3 saturated heterocycles. The number of hydrogen-bond acceptors (Lipinski definition) is 5. The van der Waals surface area contributed by atoms with Crippen molar-refractivity contribution >= 4 is 17.6 Å². The Bertz CT molecular complexity index is 912. The maximum Gasteiger partial charge on any atom is 0.310 e. The standard InChI is InChI=1S/C20H19NO6/c1-25-9-2-3-12-11(8-9)16-10(5-7-26-16)17-20-6-4-13(27-20)14(19(23)24)15(20)18(22)21(12)17/h2-4,6,8,10,13-17H,5,7H2,1H3,(H,23,24)/t10-,13+,14-,15-,16-,17+,20+/m0/s1. The lowest BCUT2D eigenvalue weighted by Gasteiger charge is -2.44. The van der Waals surface area contributed by atoms with E-state index in [1.807, 2.05) is 30.4 Å². The second kappa shape index (κ2) is 4.91. The molecule has 5 heterocycles. The SMILES string of the molecule is COc1ccc2c(c1)[C@H]1OCC[C@@H]1[C@H]1N2C(=O)[C@@H]2[C@@H](C(=O)O)[C@H]3C=C[C@@]21O3. The number of ether oxygens (including phenoxy) is 3. The summed E-state index contributed by atoms with van der Waals surface area (Å²) in [7, 11) is 1.61. The van der Waals surface area contributed by atoms with Crippen molar-refractivity contribution in [2.45, 2.75) is 30.3 Å². The Kier molecular flexibility index (Phi) is 2.85. The van der Waals surface area contributed by atoms with Crippen molar-refractivity contribution in [3.63, 3.8) is 0 Å². The van der Waals surface area contributed by atoms with E-state index >= 15 is 0 Å². The molecule has 1 amide bonds. The van der Waals surface area contributed by atoms with Crippen LogP contribution < -0.4 is 9.64 Å². The molecule has 6 rings (SSSR count). The van der Waals surface area contributed by atoms with E-state index in [1.165, 1.54) is 0 Å². The number of anilines is 1. The summed E-state index contributed by atoms with van der Waals surface area (Å²) in [5.41, 5.74) is 0.838. The number of benzene rings is 1. The van der Waals surface area contributed by atoms with Crippen LogP contribution in [-0.4, -0.2) is 48.4 Å². The summed E-state index contributed by atoms with van der Waals surface area (Å²) in [5.74, 6) is -1.88. The number of rotatable bonds is 2. The molecule has 3 fully saturated rings. The third-order valence-electron chi connectivity index (χ3n) is 6.96. The van der Waals surface area contributed by atoms with Crippen molar-refractivity contribution in [2.24, 2.45) is 17.8 Å². The monoisotopic (exact) mass is 369 g/mol. The van der Waals surface area contributed by atoms with E-state index in [0.717, 1.165) is 17.7 Å². The van der Waals surface area contributed by atoms with Crippen molar-refractivity contribution in [2.75, 3.05) is 18.6 Å². The van der Waals surface area contributed by atoms with Gasteiger partial charge in [-0.2, -0.15) is 0 Å². The maximum absolute atomic E-state index is 13.5. The van der Waals surface area contributed by atoms with Gasteiger partial charge in [0.1, 0.15) is 17.3 Å². The molecule has 7 heteroatoms. The van der Waals surface area contributed by atoms with Gasteiger partial charge in [-0.3, -0.25) is 9.59 Å². The van der Waals surface area contributed by atoms with Crippen molar-refractivity contribution in [1.82, 2.24) is 0 Å². The van der Waals surface area contributed by atoms with Gasteiger partial charge in [0.15, 0.2) is 0 Å². The highest BCUT2D eigenvalue weighted by atomic mass is 16.5. The third-order valence-corrected chi connectivity index (χ3v) is 6.96. The fourth-order valence-corrected chi connectivity index (χ4v) is 6.02. The Morgan fingerprint density at radius 2 is 2.26 bits per heavy atom. The molecular weight excluding hydrogens is 350 g/mol. The first-order valence-electron chi connectivity index (χ1n) is 9.29. The first-order chi connectivity index (χ1) is 13.1. The average Bonchev–Trinajstić information content (AvgIpc) is 3.41. The van der Waals surface area contributed by atoms with Crippen LogP contribution in [0.2, 0.25) is 0 Å². The van der Waals surface area contributed by atoms with Gasteiger partial charge in [-0.25, -0.2) is 0 Å². The number of fused-ring (bicyclic) bond motifs is 7. The normalized spacial score (nSPS) is 42.7. The van der Waals surface area contributed by atoms with Crippen LogP contribution in [0.1, 0.15) is 18.1 Å². The molecule has 0 aromatic heterocycles. The van der Waals surface area contributed by atoms with Gasteiger partial charge in [0, 0.05) is 18.1 Å². The van der Waals surface area contributed by atoms with E-state index in [4.69, 9.17) is 14.2 Å². The zero-order valence-corrected chi connectivity index (χ0v) is 14.7. The van der Waals surface area contributed by atoms with E-state index in [9.17, 15) is 14.7 Å². The molecule has 1 aromatic rings. The maximum atomic E-state index is 13.5. The van der Waals surface area contributed by atoms with Crippen molar-refractivity contribution in [3.8, 4) is 5.75 Å². The molecule has 2 bridgehead atoms. The molecule has 1 aromatic carbocycles. The Hall–Kier alpha value is -2.38. The quantitative estimate of drug-likeness (QED) is 0.796. The van der Waals surface area contributed by atoms with Gasteiger partial charge in [-0.15, -0.1) is 0 Å². The van der Waals surface area contributed by atoms with E-state index in [2.05, 4.69) is 0 Å². The lowest BCUT2D eigenvalue weighted by molar-refractivity contribution is -0.146. The summed E-state index contributed by atoms with van der Waals surface area (Å²) in [6, 6.07) is 5.39. The first-order valence-corrected chi connectivity index (χ1v) is 9.29. The van der Waals surface area contributed by atoms with E-state index in [0.29, 0.717) is 12.4 Å². The van der Waals surface area contributed by atoms with Crippen LogP contribution in [0, 0.1) is 17.8 Å². The number of carboxylic acids is 1. The van der Waals surface area contributed by atoms with E-state index in [-0.39, 0.29) is 24.0 Å². The second-order valence-electron chi connectivity index (χ2n) is 7.96. The van der Waals surface area contributed by atoms with Crippen LogP contribution >= 0.6 is 0 Å². The van der Waals surface area contributed by atoms with Crippen LogP contribution in [0.4, 0.5) is 5.69 Å². The largest absolute Gasteiger partial charge is 0.497 e. The number of hydrogen-bond donors (Lipinski definition) is 1. The highest BCUT2D eigenvalue weighted by Crippen LogP contribution is 2.62. The number of carbonyl (C=O) groups is 2. The molecule has 5 aliphatic rings. The van der Waals surface area contributed by atoms with Crippen LogP contribution in [0.5, 0.6) is 5.75 Å². The Labute approximate surface area is 155 Å². The minimum atomic E-state index is -0.974. The summed E-state index contributed by atoms with van der Waals surface area (Å²) in [4.78, 5) is 27.2. The van der Waals surface area contributed by atoms with Crippen molar-refractivity contribution in [3.05, 3.63) is 35.9 Å². The zero-order chi connectivity index (χ0) is 18.5. The molecule has 140 valence electrons. The van der Waals surface area contributed by atoms with Gasteiger partial charge in [0.2, 0.25) is 5.91 Å². The predicted molar refractivity (Wildman–Crippen MR) is 92.4 cm³/mol. The summed E-state index contributed by atoms with van der Waals surface area (Å²) < 4.78 is 17.7. The summed E-state index contributed by atoms with van der Waals surface area (Å²) in [5, 5.41) is 9.76. The van der Waals surface area contributed by atoms with Gasteiger partial charge in [0.05, 0.1) is 37.0 Å². The number of carbonyl (C=O) groups excluding carboxylic acids is 1. The van der Waals surface area contributed by atoms with Gasteiger partial charge in [-0.05, 0) is 24.6 Å². The molecule has 1 spiro atoms. The molecule has 0 aliphatic carbocycles. The van der Waals surface area contributed by atoms with Crippen molar-refractivity contribution < 1.29 is 28.9 Å². The van der Waals surface area contributed by atoms with E-state index in [1.54, 1.807) is 12.0 Å². The number of amides is 1. The van der Waals surface area contributed by atoms with Crippen molar-refractivity contribution in [1.29, 1.82) is 0 Å². The summed E-state index contributed by atoms with van der Waals surface area (Å²) in [6.45, 7) is 0.612. The highest BCUT2D eigenvalue weighted by molar-refractivity contribution is 6.04. The van der Waals surface area contributed by atoms with Crippen LogP contribution in [-0.2, 0) is 19.1 Å². The summed E-state index contributed by atoms with van der Waals surface area (Å²) >= 11 is 0. The molecule has 0 saturated carbocycles. The van der Waals surface area contributed by atoms with Crippen LogP contribution in [0.3, 0.4) is 0 Å². The fourth-order valence-electron chi connectivity index (χ4n) is 6.02. The Balaban J connectivity index is 1.57. The summed E-state index contributed by atoms with van der Waals surface area (Å²) in [6.07, 6.45) is 3.90. The minimum absolute atomic E-state index is 0.0644. The zero-order valence-electron chi connectivity index (χ0n) is 14.7. The van der Waals surface area contributed by atoms with Crippen LogP contribution in [0.25, 0.3) is 0 Å². The molecule has 7 atom stereocenters. The highest BCUT2D eigenvalue weighted by Gasteiger charge is 2.74. The van der Waals surface area contributed by atoms with Gasteiger partial charge in [0.25, 0.3) is 0 Å². The Morgan fingerprint density at radius 1 is 1.41 bits per heavy atom. The molecule has 5 aliphatic heterocycles. The van der Waals surface area contributed by atoms with Crippen LogP contribution in [0.15, 0.2) is 30.4 Å². The second-order valence-corrected chi connectivity index (χ2v) is 7.96.